The van der Waals surface area contributed by atoms with E-state index in [4.69, 9.17) is 4.74 Å². The summed E-state index contributed by atoms with van der Waals surface area (Å²) in [5.41, 5.74) is 0. The molecule has 0 aromatic heterocycles. The zero-order valence-electron chi connectivity index (χ0n) is 10.5. The van der Waals surface area contributed by atoms with Crippen LogP contribution in [-0.2, 0) is 14.3 Å². The lowest BCUT2D eigenvalue weighted by molar-refractivity contribution is -0.141. The number of methoxy groups -OCH3 is 1. The van der Waals surface area contributed by atoms with E-state index < -0.39 is 12.1 Å². The lowest BCUT2D eigenvalue weighted by Crippen LogP contribution is -2.37. The fraction of sp³-hybridized carbons (Fsp3) is 0.818. The standard InChI is InChI=1S/C11H21NO4/c1-5-6-12(7-10(13)15-4)11(14)16-8-9(2)3/h9H,5-8H2,1-4H3. The number of hydrogen-bond donors (Lipinski definition) is 0. The summed E-state index contributed by atoms with van der Waals surface area (Å²) < 4.78 is 9.56. The second-order valence-corrected chi connectivity index (χ2v) is 3.97. The van der Waals surface area contributed by atoms with E-state index >= 15 is 0 Å². The predicted molar refractivity (Wildman–Crippen MR) is 60.1 cm³/mol. The van der Waals surface area contributed by atoms with Crippen LogP contribution < -0.4 is 0 Å². The van der Waals surface area contributed by atoms with Crippen LogP contribution in [0.5, 0.6) is 0 Å². The number of carbonyl (C=O) groups excluding carboxylic acids is 2. The molecule has 1 amide bonds. The van der Waals surface area contributed by atoms with Crippen molar-refractivity contribution in [3.8, 4) is 0 Å². The third-order valence-corrected chi connectivity index (χ3v) is 1.84. The average molecular weight is 231 g/mol. The van der Waals surface area contributed by atoms with Crippen molar-refractivity contribution in [1.29, 1.82) is 0 Å². The molecular weight excluding hydrogens is 210 g/mol. The first-order valence-corrected chi connectivity index (χ1v) is 5.49. The smallest absolute Gasteiger partial charge is 0.410 e. The maximum absolute atomic E-state index is 11.6. The molecule has 0 aliphatic carbocycles. The van der Waals surface area contributed by atoms with E-state index in [-0.39, 0.29) is 12.5 Å². The van der Waals surface area contributed by atoms with Gasteiger partial charge in [-0.3, -0.25) is 9.69 Å². The van der Waals surface area contributed by atoms with Gasteiger partial charge >= 0.3 is 12.1 Å². The summed E-state index contributed by atoms with van der Waals surface area (Å²) in [7, 11) is 1.30. The third-order valence-electron chi connectivity index (χ3n) is 1.84. The van der Waals surface area contributed by atoms with Crippen LogP contribution in [0, 0.1) is 5.92 Å². The Morgan fingerprint density at radius 1 is 1.31 bits per heavy atom. The van der Waals surface area contributed by atoms with Crippen LogP contribution >= 0.6 is 0 Å². The van der Waals surface area contributed by atoms with Gasteiger partial charge in [0, 0.05) is 6.54 Å². The zero-order chi connectivity index (χ0) is 12.6. The third kappa shape index (κ3) is 6.27. The minimum atomic E-state index is -0.457. The summed E-state index contributed by atoms with van der Waals surface area (Å²) >= 11 is 0. The number of ether oxygens (including phenoxy) is 2. The zero-order valence-corrected chi connectivity index (χ0v) is 10.5. The molecule has 0 aromatic carbocycles. The van der Waals surface area contributed by atoms with E-state index in [0.29, 0.717) is 13.2 Å². The summed E-state index contributed by atoms with van der Waals surface area (Å²) in [5.74, 6) is -0.152. The second kappa shape index (κ2) is 7.96. The van der Waals surface area contributed by atoms with E-state index in [9.17, 15) is 9.59 Å². The minimum absolute atomic E-state index is 0.0543. The number of carbonyl (C=O) groups is 2. The highest BCUT2D eigenvalue weighted by molar-refractivity contribution is 5.77. The van der Waals surface area contributed by atoms with Crippen molar-refractivity contribution in [1.82, 2.24) is 4.90 Å². The van der Waals surface area contributed by atoms with E-state index in [2.05, 4.69) is 4.74 Å². The van der Waals surface area contributed by atoms with E-state index in [1.54, 1.807) is 0 Å². The lowest BCUT2D eigenvalue weighted by Gasteiger charge is -2.20. The Labute approximate surface area is 96.7 Å². The van der Waals surface area contributed by atoms with Crippen LogP contribution in [0.4, 0.5) is 4.79 Å². The highest BCUT2D eigenvalue weighted by Gasteiger charge is 2.18. The molecule has 5 nitrogen and oxygen atoms in total. The van der Waals surface area contributed by atoms with Crippen molar-refractivity contribution < 1.29 is 19.1 Å². The molecule has 0 saturated carbocycles. The molecule has 0 rings (SSSR count). The van der Waals surface area contributed by atoms with Crippen molar-refractivity contribution >= 4 is 12.1 Å². The van der Waals surface area contributed by atoms with Crippen molar-refractivity contribution in [2.75, 3.05) is 26.8 Å². The van der Waals surface area contributed by atoms with Crippen LogP contribution in [0.1, 0.15) is 27.2 Å². The van der Waals surface area contributed by atoms with Crippen LogP contribution in [-0.4, -0.2) is 43.8 Å². The molecule has 94 valence electrons. The van der Waals surface area contributed by atoms with Crippen molar-refractivity contribution in [3.05, 3.63) is 0 Å². The Morgan fingerprint density at radius 2 is 1.94 bits per heavy atom. The summed E-state index contributed by atoms with van der Waals surface area (Å²) in [5, 5.41) is 0. The monoisotopic (exact) mass is 231 g/mol. The number of rotatable bonds is 6. The highest BCUT2D eigenvalue weighted by Crippen LogP contribution is 2.00. The van der Waals surface area contributed by atoms with Gasteiger partial charge in [-0.2, -0.15) is 0 Å². The minimum Gasteiger partial charge on any atom is -0.468 e. The van der Waals surface area contributed by atoms with Crippen molar-refractivity contribution in [2.24, 2.45) is 5.92 Å². The van der Waals surface area contributed by atoms with Gasteiger partial charge in [0.1, 0.15) is 6.54 Å². The number of amides is 1. The molecule has 0 heterocycles. The van der Waals surface area contributed by atoms with Gasteiger partial charge in [0.2, 0.25) is 0 Å². The molecule has 0 radical (unpaired) electrons. The fourth-order valence-corrected chi connectivity index (χ4v) is 1.05. The average Bonchev–Trinajstić information content (AvgIpc) is 2.24. The first-order chi connectivity index (χ1) is 7.51. The molecule has 5 heteroatoms. The van der Waals surface area contributed by atoms with Crippen LogP contribution in [0.15, 0.2) is 0 Å². The SMILES string of the molecule is CCCN(CC(=O)OC)C(=O)OCC(C)C. The van der Waals surface area contributed by atoms with Gasteiger partial charge in [-0.25, -0.2) is 4.79 Å². The first-order valence-electron chi connectivity index (χ1n) is 5.49. The second-order valence-electron chi connectivity index (χ2n) is 3.97. The summed E-state index contributed by atoms with van der Waals surface area (Å²) in [6, 6.07) is 0. The van der Waals surface area contributed by atoms with E-state index in [1.807, 2.05) is 20.8 Å². The molecule has 0 atom stereocenters. The topological polar surface area (TPSA) is 55.8 Å². The normalized spacial score (nSPS) is 10.1. The van der Waals surface area contributed by atoms with E-state index in [0.717, 1.165) is 6.42 Å². The van der Waals surface area contributed by atoms with Gasteiger partial charge in [-0.05, 0) is 12.3 Å². The number of nitrogens with zero attached hydrogens (tertiary/aromatic N) is 1. The highest BCUT2D eigenvalue weighted by atomic mass is 16.6. The summed E-state index contributed by atoms with van der Waals surface area (Å²) in [6.45, 7) is 6.64. The van der Waals surface area contributed by atoms with Gasteiger partial charge in [0.05, 0.1) is 13.7 Å². The molecule has 0 saturated heterocycles. The van der Waals surface area contributed by atoms with Crippen molar-refractivity contribution in [2.45, 2.75) is 27.2 Å². The van der Waals surface area contributed by atoms with Gasteiger partial charge in [0.15, 0.2) is 0 Å². The Hall–Kier alpha value is -1.26. The van der Waals surface area contributed by atoms with E-state index in [1.165, 1.54) is 12.0 Å². The molecule has 16 heavy (non-hydrogen) atoms. The lowest BCUT2D eigenvalue weighted by atomic mass is 10.2. The Kier molecular flexibility index (Phi) is 7.33. The maximum Gasteiger partial charge on any atom is 0.410 e. The number of esters is 1. The van der Waals surface area contributed by atoms with Crippen molar-refractivity contribution in [3.63, 3.8) is 0 Å². The fourth-order valence-electron chi connectivity index (χ4n) is 1.05. The molecule has 0 aromatic rings. The van der Waals surface area contributed by atoms with Crippen LogP contribution in [0.3, 0.4) is 0 Å². The Balaban J connectivity index is 4.17. The molecule has 0 bridgehead atoms. The first kappa shape index (κ1) is 14.7. The molecule has 0 N–H and O–H groups in total. The largest absolute Gasteiger partial charge is 0.468 e. The van der Waals surface area contributed by atoms with Gasteiger partial charge in [-0.15, -0.1) is 0 Å². The van der Waals surface area contributed by atoms with Gasteiger partial charge < -0.3 is 9.47 Å². The van der Waals surface area contributed by atoms with Gasteiger partial charge in [-0.1, -0.05) is 20.8 Å². The summed E-state index contributed by atoms with van der Waals surface area (Å²) in [4.78, 5) is 24.0. The van der Waals surface area contributed by atoms with Gasteiger partial charge in [0.25, 0.3) is 0 Å². The molecular formula is C11H21NO4. The predicted octanol–water partition coefficient (Wildman–Crippen LogP) is 1.66. The quantitative estimate of drug-likeness (QED) is 0.652. The molecule has 0 fully saturated rings. The molecule has 0 aliphatic rings. The molecule has 0 aliphatic heterocycles. The van der Waals surface area contributed by atoms with Crippen LogP contribution in [0.2, 0.25) is 0 Å². The summed E-state index contributed by atoms with van der Waals surface area (Å²) in [6.07, 6.45) is 0.314. The molecule has 0 unspecified atom stereocenters. The Bertz CT molecular complexity index is 228. The molecule has 0 spiro atoms. The number of hydrogen-bond acceptors (Lipinski definition) is 4. The maximum atomic E-state index is 11.6. The Morgan fingerprint density at radius 3 is 2.38 bits per heavy atom. The van der Waals surface area contributed by atoms with Crippen LogP contribution in [0.25, 0.3) is 0 Å².